The SMILES string of the molecule is COc1cc(C=CC(=O)OC[C@H]2O[C@H](O[C@]3(CO)O[C@H](CO)[C@@H](OC(=O)C=Cc4cc(OC)c(O)c(OC)c4)[C@@H]3OC(=O)C=Cc3cc(OC)c(OC)c(OC)c3)[C@H](O[C@@H]3O[C@H](CO)[C@@H](O)[C@H](O)[C@H]3O)[C@@H](O)[C@@H]2O)cc(OC)c1O. The lowest BCUT2D eigenvalue weighted by Gasteiger charge is -2.47. The maximum atomic E-state index is 14.0. The highest BCUT2D eigenvalue weighted by molar-refractivity contribution is 5.89. The summed E-state index contributed by atoms with van der Waals surface area (Å²) >= 11 is 0. The molecule has 0 bridgehead atoms. The molecule has 28 heteroatoms. The number of phenolic OH excluding ortho intramolecular Hbond substituents is 2. The van der Waals surface area contributed by atoms with Crippen LogP contribution >= 0.6 is 0 Å². The minimum absolute atomic E-state index is 0.00706. The van der Waals surface area contributed by atoms with Gasteiger partial charge in [-0.25, -0.2) is 14.4 Å². The summed E-state index contributed by atoms with van der Waals surface area (Å²) < 4.78 is 83.6. The number of methoxy groups -OCH3 is 7. The van der Waals surface area contributed by atoms with E-state index < -0.39 is 130 Å². The number of carbonyl (C=O) groups is 3. The molecule has 6 rings (SSSR count). The summed E-state index contributed by atoms with van der Waals surface area (Å²) in [5.74, 6) is -6.38. The van der Waals surface area contributed by atoms with E-state index in [-0.39, 0.29) is 57.3 Å². The molecule has 0 amide bonds. The summed E-state index contributed by atoms with van der Waals surface area (Å²) in [6.07, 6.45) is -19.5. The molecule has 3 aromatic carbocycles. The van der Waals surface area contributed by atoms with Crippen molar-refractivity contribution in [3.8, 4) is 51.7 Å². The first-order chi connectivity index (χ1) is 38.3. The monoisotopic (exact) mass is 1140 g/mol. The molecule has 3 fully saturated rings. The number of carbonyl (C=O) groups excluding carboxylic acids is 3. The largest absolute Gasteiger partial charge is 0.502 e. The first-order valence-electron chi connectivity index (χ1n) is 24.1. The van der Waals surface area contributed by atoms with Crippen LogP contribution in [-0.4, -0.2) is 231 Å². The Hall–Kier alpha value is -7.03. The van der Waals surface area contributed by atoms with Crippen LogP contribution in [0.15, 0.2) is 54.6 Å². The van der Waals surface area contributed by atoms with Crippen molar-refractivity contribution in [2.24, 2.45) is 0 Å². The zero-order chi connectivity index (χ0) is 58.6. The van der Waals surface area contributed by atoms with Gasteiger partial charge in [-0.1, -0.05) is 0 Å². The van der Waals surface area contributed by atoms with Gasteiger partial charge in [0.15, 0.2) is 59.3 Å². The highest BCUT2D eigenvalue weighted by atomic mass is 16.8. The molecule has 0 aromatic heterocycles. The number of ether oxygens (including phenoxy) is 15. The number of benzene rings is 3. The Morgan fingerprint density at radius 1 is 0.512 bits per heavy atom. The second kappa shape index (κ2) is 27.9. The van der Waals surface area contributed by atoms with Crippen molar-refractivity contribution in [1.82, 2.24) is 0 Å². The van der Waals surface area contributed by atoms with Gasteiger partial charge in [-0.2, -0.15) is 0 Å². The minimum atomic E-state index is -2.85. The summed E-state index contributed by atoms with van der Waals surface area (Å²) in [6, 6.07) is 8.41. The minimum Gasteiger partial charge on any atom is -0.502 e. The Morgan fingerprint density at radius 2 is 0.950 bits per heavy atom. The lowest BCUT2D eigenvalue weighted by molar-refractivity contribution is -0.408. The topological polar surface area (TPSA) is 392 Å². The van der Waals surface area contributed by atoms with Crippen molar-refractivity contribution in [2.75, 3.05) is 76.2 Å². The zero-order valence-electron chi connectivity index (χ0n) is 44.1. The molecule has 0 unspecified atom stereocenters. The van der Waals surface area contributed by atoms with Gasteiger partial charge in [-0.3, -0.25) is 0 Å². The second-order valence-electron chi connectivity index (χ2n) is 17.6. The second-order valence-corrected chi connectivity index (χ2v) is 17.6. The van der Waals surface area contributed by atoms with Crippen LogP contribution in [0.5, 0.6) is 51.7 Å². The average molecular weight is 1140 g/mol. The van der Waals surface area contributed by atoms with Crippen LogP contribution in [0.2, 0.25) is 0 Å². The molecule has 80 heavy (non-hydrogen) atoms. The van der Waals surface area contributed by atoms with Gasteiger partial charge in [0.2, 0.25) is 23.0 Å². The molecule has 0 aliphatic carbocycles. The molecule has 28 nitrogen and oxygen atoms in total. The lowest BCUT2D eigenvalue weighted by atomic mass is 9.97. The van der Waals surface area contributed by atoms with Gasteiger partial charge in [-0.15, -0.1) is 0 Å². The maximum absolute atomic E-state index is 14.0. The normalized spacial score (nSPS) is 28.6. The molecule has 3 saturated heterocycles. The standard InChI is InChI=1S/C52H64O28/c1-66-27-14-24(15-28(67-2)39(27)59)8-11-36(56)73-22-35-42(62)44(64)48(78-50-45(65)43(63)41(61)33(20-53)74-50)51(75-35)80-52(23-55)49(77-38(58)13-10-26-18-31(70-5)46(72-7)32(19-26)71-6)47(34(21-54)79-52)76-37(57)12-9-25-16-29(68-3)40(60)30(17-25)69-4/h8-19,33-35,41-45,47-51,53-55,59-65H,20-23H2,1-7H3/t33-,34-,35-,41-,42-,43+,44+,45-,47-,48-,49+,50+,51-,52+/m1/s1. The van der Waals surface area contributed by atoms with Gasteiger partial charge in [0, 0.05) is 18.2 Å². The Kier molecular flexibility index (Phi) is 21.7. The van der Waals surface area contributed by atoms with Crippen molar-refractivity contribution in [3.05, 3.63) is 71.3 Å². The maximum Gasteiger partial charge on any atom is 0.331 e. The summed E-state index contributed by atoms with van der Waals surface area (Å²) in [5, 5.41) is 108. The van der Waals surface area contributed by atoms with Crippen LogP contribution in [0.3, 0.4) is 0 Å². The van der Waals surface area contributed by atoms with Crippen LogP contribution in [0, 0.1) is 0 Å². The van der Waals surface area contributed by atoms with Crippen molar-refractivity contribution in [2.45, 2.75) is 85.5 Å². The van der Waals surface area contributed by atoms with E-state index in [0.717, 1.165) is 18.2 Å². The average Bonchev–Trinajstić information content (AvgIpc) is 3.78. The molecule has 0 saturated carbocycles. The first-order valence-corrected chi connectivity index (χ1v) is 24.1. The van der Waals surface area contributed by atoms with Gasteiger partial charge in [0.25, 0.3) is 0 Å². The van der Waals surface area contributed by atoms with E-state index in [9.17, 15) is 65.4 Å². The van der Waals surface area contributed by atoms with Crippen molar-refractivity contribution < 1.29 is 137 Å². The molecule has 10 N–H and O–H groups in total. The number of hydrogen-bond acceptors (Lipinski definition) is 28. The third kappa shape index (κ3) is 13.9. The zero-order valence-corrected chi connectivity index (χ0v) is 44.1. The quantitative estimate of drug-likeness (QED) is 0.0283. The van der Waals surface area contributed by atoms with Crippen molar-refractivity contribution in [3.63, 3.8) is 0 Å². The smallest absolute Gasteiger partial charge is 0.331 e. The van der Waals surface area contributed by atoms with Gasteiger partial charge in [-0.05, 0) is 71.3 Å². The predicted octanol–water partition coefficient (Wildman–Crippen LogP) is -1.31. The van der Waals surface area contributed by atoms with Gasteiger partial charge in [0.1, 0.15) is 68.1 Å². The highest BCUT2D eigenvalue weighted by Gasteiger charge is 2.63. The van der Waals surface area contributed by atoms with Crippen LogP contribution in [0.1, 0.15) is 16.7 Å². The van der Waals surface area contributed by atoms with E-state index in [1.807, 2.05) is 0 Å². The van der Waals surface area contributed by atoms with Crippen LogP contribution in [0.25, 0.3) is 18.2 Å². The van der Waals surface area contributed by atoms with E-state index in [0.29, 0.717) is 11.1 Å². The fraction of sp³-hybridized carbons (Fsp3) is 0.481. The van der Waals surface area contributed by atoms with Crippen molar-refractivity contribution >= 4 is 36.1 Å². The third-order valence-electron chi connectivity index (χ3n) is 12.8. The Labute approximate surface area is 456 Å². The van der Waals surface area contributed by atoms with E-state index in [4.69, 9.17) is 71.1 Å². The molecule has 3 aliphatic rings. The third-order valence-corrected chi connectivity index (χ3v) is 12.8. The molecule has 0 radical (unpaired) electrons. The number of aliphatic hydroxyl groups excluding tert-OH is 8. The summed E-state index contributed by atoms with van der Waals surface area (Å²) in [5.41, 5.74) is 0.850. The summed E-state index contributed by atoms with van der Waals surface area (Å²) in [6.45, 7) is -4.22. The van der Waals surface area contributed by atoms with Crippen molar-refractivity contribution in [1.29, 1.82) is 0 Å². The van der Waals surface area contributed by atoms with Crippen LogP contribution in [0.4, 0.5) is 0 Å². The highest BCUT2D eigenvalue weighted by Crippen LogP contribution is 2.43. The molecular weight excluding hydrogens is 1070 g/mol. The van der Waals surface area contributed by atoms with Crippen LogP contribution in [-0.2, 0) is 52.3 Å². The molecule has 3 aliphatic heterocycles. The van der Waals surface area contributed by atoms with E-state index >= 15 is 0 Å². The number of phenols is 2. The number of rotatable bonds is 24. The van der Waals surface area contributed by atoms with Crippen LogP contribution < -0.4 is 33.2 Å². The Balaban J connectivity index is 1.38. The fourth-order valence-electron chi connectivity index (χ4n) is 8.61. The number of aliphatic hydroxyl groups is 8. The molecular formula is C52H64O28. The molecule has 440 valence electrons. The van der Waals surface area contributed by atoms with E-state index in [1.165, 1.54) is 104 Å². The van der Waals surface area contributed by atoms with Gasteiger partial charge < -0.3 is 122 Å². The summed E-state index contributed by atoms with van der Waals surface area (Å²) in [4.78, 5) is 40.9. The fourth-order valence-corrected chi connectivity index (χ4v) is 8.61. The predicted molar refractivity (Wildman–Crippen MR) is 269 cm³/mol. The lowest BCUT2D eigenvalue weighted by Crippen LogP contribution is -2.66. The Bertz CT molecular complexity index is 2620. The molecule has 0 spiro atoms. The van der Waals surface area contributed by atoms with E-state index in [2.05, 4.69) is 0 Å². The molecule has 3 aromatic rings. The number of aromatic hydroxyl groups is 2. The molecule has 3 heterocycles. The Morgan fingerprint density at radius 3 is 1.40 bits per heavy atom. The number of hydrogen-bond donors (Lipinski definition) is 10. The first kappa shape index (κ1) is 62.2. The van der Waals surface area contributed by atoms with E-state index in [1.54, 1.807) is 0 Å². The summed E-state index contributed by atoms with van der Waals surface area (Å²) in [7, 11) is 9.23. The van der Waals surface area contributed by atoms with Gasteiger partial charge >= 0.3 is 17.9 Å². The molecule has 14 atom stereocenters. The van der Waals surface area contributed by atoms with Gasteiger partial charge in [0.05, 0.1) is 63.0 Å². The number of esters is 3.